The normalized spacial score (nSPS) is 21.8. The second-order valence-corrected chi connectivity index (χ2v) is 6.37. The predicted octanol–water partition coefficient (Wildman–Crippen LogP) is 0.793. The summed E-state index contributed by atoms with van der Waals surface area (Å²) in [5.74, 6) is 1.26. The van der Waals surface area contributed by atoms with Gasteiger partial charge in [-0.05, 0) is 17.5 Å². The highest BCUT2D eigenvalue weighted by atomic mass is 32.1. The van der Waals surface area contributed by atoms with E-state index in [0.29, 0.717) is 25.6 Å². The second-order valence-electron chi connectivity index (χ2n) is 5.59. The predicted molar refractivity (Wildman–Crippen MR) is 78.1 cm³/mol. The molecule has 2 aliphatic heterocycles. The summed E-state index contributed by atoms with van der Waals surface area (Å²) in [5, 5.41) is 16.7. The summed E-state index contributed by atoms with van der Waals surface area (Å²) in [6.45, 7) is 6.59. The van der Waals surface area contributed by atoms with Crippen molar-refractivity contribution in [2.24, 2.45) is 11.0 Å². The fourth-order valence-corrected chi connectivity index (χ4v) is 3.19. The maximum atomic E-state index is 11.2. The first-order chi connectivity index (χ1) is 10.1. The third kappa shape index (κ3) is 2.65. The fraction of sp³-hybridized carbons (Fsp3) is 0.667. The number of hydrazone groups is 1. The SMILES string of the molecule is CC(C)CN1N=C(c2ncns2)N2CCN(C(=O)O)CC12. The summed E-state index contributed by atoms with van der Waals surface area (Å²) < 4.78 is 4.03. The molecule has 1 N–H and O–H groups in total. The number of aromatic nitrogens is 2. The minimum atomic E-state index is -0.872. The van der Waals surface area contributed by atoms with Crippen molar-refractivity contribution in [3.8, 4) is 0 Å². The molecule has 3 heterocycles. The lowest BCUT2D eigenvalue weighted by atomic mass is 10.2. The number of hydrogen-bond donors (Lipinski definition) is 1. The van der Waals surface area contributed by atoms with E-state index in [1.165, 1.54) is 22.8 Å². The van der Waals surface area contributed by atoms with Crippen LogP contribution in [-0.2, 0) is 0 Å². The van der Waals surface area contributed by atoms with Crippen LogP contribution >= 0.6 is 11.5 Å². The van der Waals surface area contributed by atoms with Crippen molar-refractivity contribution < 1.29 is 9.90 Å². The van der Waals surface area contributed by atoms with Gasteiger partial charge >= 0.3 is 6.09 Å². The van der Waals surface area contributed by atoms with Gasteiger partial charge in [0.15, 0.2) is 10.8 Å². The molecule has 114 valence electrons. The molecule has 3 rings (SSSR count). The van der Waals surface area contributed by atoms with Gasteiger partial charge in [0.05, 0.1) is 6.54 Å². The largest absolute Gasteiger partial charge is 0.465 e. The van der Waals surface area contributed by atoms with Crippen molar-refractivity contribution in [3.05, 3.63) is 11.3 Å². The van der Waals surface area contributed by atoms with E-state index in [4.69, 9.17) is 0 Å². The molecule has 1 atom stereocenters. The molecule has 0 radical (unpaired) electrons. The molecule has 0 bridgehead atoms. The van der Waals surface area contributed by atoms with Crippen LogP contribution in [0.4, 0.5) is 4.79 Å². The summed E-state index contributed by atoms with van der Waals surface area (Å²) in [7, 11) is 0. The van der Waals surface area contributed by atoms with Crippen molar-refractivity contribution in [3.63, 3.8) is 0 Å². The lowest BCUT2D eigenvalue weighted by molar-refractivity contribution is 0.0385. The van der Waals surface area contributed by atoms with Gasteiger partial charge < -0.3 is 14.9 Å². The van der Waals surface area contributed by atoms with E-state index in [1.807, 2.05) is 5.01 Å². The standard InChI is InChI=1S/C12H18N6O2S/c1-8(2)5-18-9-6-16(12(19)20)3-4-17(9)10(15-18)11-13-7-14-21-11/h7-9H,3-6H2,1-2H3,(H,19,20). The maximum Gasteiger partial charge on any atom is 0.407 e. The van der Waals surface area contributed by atoms with Crippen LogP contribution in [0.2, 0.25) is 0 Å². The molecular formula is C12H18N6O2S. The van der Waals surface area contributed by atoms with E-state index in [2.05, 4.69) is 33.2 Å². The van der Waals surface area contributed by atoms with Gasteiger partial charge in [0.2, 0.25) is 0 Å². The van der Waals surface area contributed by atoms with Crippen LogP contribution in [0.5, 0.6) is 0 Å². The number of carboxylic acid groups (broad SMARTS) is 1. The van der Waals surface area contributed by atoms with E-state index in [9.17, 15) is 9.90 Å². The van der Waals surface area contributed by atoms with Crippen LogP contribution in [0.25, 0.3) is 0 Å². The van der Waals surface area contributed by atoms with E-state index >= 15 is 0 Å². The van der Waals surface area contributed by atoms with Gasteiger partial charge in [-0.1, -0.05) is 13.8 Å². The zero-order valence-corrected chi connectivity index (χ0v) is 12.8. The monoisotopic (exact) mass is 310 g/mol. The summed E-state index contributed by atoms with van der Waals surface area (Å²) in [6.07, 6.45) is 0.607. The molecule has 0 spiro atoms. The Morgan fingerprint density at radius 1 is 1.52 bits per heavy atom. The Morgan fingerprint density at radius 3 is 2.95 bits per heavy atom. The molecule has 0 aliphatic carbocycles. The lowest BCUT2D eigenvalue weighted by Gasteiger charge is -2.40. The van der Waals surface area contributed by atoms with Gasteiger partial charge in [0.1, 0.15) is 12.5 Å². The van der Waals surface area contributed by atoms with Gasteiger partial charge in [-0.2, -0.15) is 9.47 Å². The van der Waals surface area contributed by atoms with Crippen molar-refractivity contribution >= 4 is 23.5 Å². The molecule has 9 heteroatoms. The highest BCUT2D eigenvalue weighted by Gasteiger charge is 2.41. The fourth-order valence-electron chi connectivity index (χ4n) is 2.66. The number of hydrogen-bond acceptors (Lipinski definition) is 7. The summed E-state index contributed by atoms with van der Waals surface area (Å²) in [4.78, 5) is 19.0. The van der Waals surface area contributed by atoms with E-state index in [-0.39, 0.29) is 6.17 Å². The first-order valence-corrected chi connectivity index (χ1v) is 7.70. The molecule has 8 nitrogen and oxygen atoms in total. The molecule has 2 aliphatic rings. The number of rotatable bonds is 3. The lowest BCUT2D eigenvalue weighted by Crippen LogP contribution is -2.58. The van der Waals surface area contributed by atoms with Gasteiger partial charge in [-0.25, -0.2) is 9.78 Å². The first-order valence-electron chi connectivity index (χ1n) is 6.93. The Hall–Kier alpha value is -1.90. The number of amidine groups is 1. The molecule has 21 heavy (non-hydrogen) atoms. The van der Waals surface area contributed by atoms with Crippen LogP contribution in [0.15, 0.2) is 11.4 Å². The van der Waals surface area contributed by atoms with Gasteiger partial charge in [0, 0.05) is 19.6 Å². The third-order valence-electron chi connectivity index (χ3n) is 3.57. The molecule has 0 saturated carbocycles. The molecule has 1 unspecified atom stereocenters. The Balaban J connectivity index is 1.85. The number of fused-ring (bicyclic) bond motifs is 1. The van der Waals surface area contributed by atoms with Crippen molar-refractivity contribution in [1.82, 2.24) is 24.2 Å². The van der Waals surface area contributed by atoms with Gasteiger partial charge in [0.25, 0.3) is 0 Å². The Bertz CT molecular complexity index is 546. The van der Waals surface area contributed by atoms with E-state index < -0.39 is 6.09 Å². The summed E-state index contributed by atoms with van der Waals surface area (Å²) in [5.41, 5.74) is 0. The highest BCUT2D eigenvalue weighted by Crippen LogP contribution is 2.25. The average molecular weight is 310 g/mol. The Kier molecular flexibility index (Phi) is 3.66. The molecule has 1 fully saturated rings. The van der Waals surface area contributed by atoms with Crippen molar-refractivity contribution in [2.75, 3.05) is 26.2 Å². The van der Waals surface area contributed by atoms with E-state index in [0.717, 1.165) is 17.4 Å². The Morgan fingerprint density at radius 2 is 2.33 bits per heavy atom. The molecule has 1 aromatic rings. The molecule has 1 saturated heterocycles. The van der Waals surface area contributed by atoms with Gasteiger partial charge in [-0.3, -0.25) is 5.01 Å². The third-order valence-corrected chi connectivity index (χ3v) is 4.23. The smallest absolute Gasteiger partial charge is 0.407 e. The quantitative estimate of drug-likeness (QED) is 0.888. The van der Waals surface area contributed by atoms with Crippen molar-refractivity contribution in [1.29, 1.82) is 0 Å². The highest BCUT2D eigenvalue weighted by molar-refractivity contribution is 7.07. The van der Waals surface area contributed by atoms with Crippen LogP contribution in [-0.4, -0.2) is 73.5 Å². The molecule has 0 aromatic carbocycles. The Labute approximate surface area is 126 Å². The van der Waals surface area contributed by atoms with E-state index in [1.54, 1.807) is 0 Å². The minimum absolute atomic E-state index is 0.0452. The summed E-state index contributed by atoms with van der Waals surface area (Å²) in [6, 6.07) is 0. The summed E-state index contributed by atoms with van der Waals surface area (Å²) >= 11 is 1.31. The number of carbonyl (C=O) groups is 1. The molecular weight excluding hydrogens is 292 g/mol. The molecule has 1 amide bonds. The maximum absolute atomic E-state index is 11.2. The topological polar surface area (TPSA) is 85.2 Å². The first kappa shape index (κ1) is 14.1. The minimum Gasteiger partial charge on any atom is -0.465 e. The number of nitrogens with zero attached hydrogens (tertiary/aromatic N) is 6. The zero-order valence-electron chi connectivity index (χ0n) is 12.0. The van der Waals surface area contributed by atoms with Crippen LogP contribution in [0.1, 0.15) is 18.9 Å². The van der Waals surface area contributed by atoms with Crippen molar-refractivity contribution in [2.45, 2.75) is 20.0 Å². The molecule has 1 aromatic heterocycles. The van der Waals surface area contributed by atoms with Gasteiger partial charge in [-0.15, -0.1) is 0 Å². The van der Waals surface area contributed by atoms with Crippen LogP contribution in [0.3, 0.4) is 0 Å². The average Bonchev–Trinajstić information content (AvgIpc) is 3.05. The zero-order chi connectivity index (χ0) is 15.0. The number of amides is 1. The second kappa shape index (κ2) is 5.47. The van der Waals surface area contributed by atoms with Crippen LogP contribution < -0.4 is 0 Å². The number of piperazine rings is 1. The van der Waals surface area contributed by atoms with Crippen LogP contribution in [0, 0.1) is 5.92 Å².